The van der Waals surface area contributed by atoms with E-state index < -0.39 is 0 Å². The minimum absolute atomic E-state index is 0.0287. The lowest BCUT2D eigenvalue weighted by atomic mass is 9.78. The molecule has 0 fully saturated rings. The lowest BCUT2D eigenvalue weighted by Gasteiger charge is -2.32. The highest BCUT2D eigenvalue weighted by molar-refractivity contribution is 6.05. The Labute approximate surface area is 134 Å². The fourth-order valence-electron chi connectivity index (χ4n) is 2.86. The number of phenols is 1. The van der Waals surface area contributed by atoms with E-state index in [1.54, 1.807) is 18.2 Å². The molecule has 2 amide bonds. The average Bonchev–Trinajstić information content (AvgIpc) is 2.45. The summed E-state index contributed by atoms with van der Waals surface area (Å²) in [5, 5.41) is 15.1. The highest BCUT2D eigenvalue weighted by atomic mass is 16.3. The summed E-state index contributed by atoms with van der Waals surface area (Å²) in [6.45, 7) is 4.05. The molecule has 5 nitrogen and oxygen atoms in total. The summed E-state index contributed by atoms with van der Waals surface area (Å²) in [4.78, 5) is 24.0. The number of amides is 2. The number of hydrogen-bond acceptors (Lipinski definition) is 3. The van der Waals surface area contributed by atoms with Gasteiger partial charge >= 0.3 is 0 Å². The van der Waals surface area contributed by atoms with Gasteiger partial charge in [-0.25, -0.2) is 0 Å². The number of hydrogen-bond donors (Lipinski definition) is 3. The Hall–Kier alpha value is -2.82. The summed E-state index contributed by atoms with van der Waals surface area (Å²) in [7, 11) is 0. The minimum Gasteiger partial charge on any atom is -0.508 e. The van der Waals surface area contributed by atoms with Gasteiger partial charge in [-0.2, -0.15) is 0 Å². The fourth-order valence-corrected chi connectivity index (χ4v) is 2.86. The molecule has 3 N–H and O–H groups in total. The lowest BCUT2D eigenvalue weighted by Crippen LogP contribution is -2.32. The molecule has 0 aromatic heterocycles. The topological polar surface area (TPSA) is 78.4 Å². The standard InChI is InChI=1S/C18H18N2O3/c1-18(2)10-16(22)20-15-9-12(6-7-14(15)18)19-17(23)11-4-3-5-13(21)8-11/h3-9,21H,10H2,1-2H3,(H,19,23)(H,20,22). The quantitative estimate of drug-likeness (QED) is 0.796. The first-order valence-electron chi connectivity index (χ1n) is 7.40. The number of phenolic OH excluding ortho intramolecular Hbond substituents is 1. The predicted molar refractivity (Wildman–Crippen MR) is 88.8 cm³/mol. The molecular weight excluding hydrogens is 292 g/mol. The van der Waals surface area contributed by atoms with Crippen molar-refractivity contribution in [1.29, 1.82) is 0 Å². The number of carbonyl (C=O) groups is 2. The molecule has 0 bridgehead atoms. The van der Waals surface area contributed by atoms with Gasteiger partial charge in [-0.15, -0.1) is 0 Å². The monoisotopic (exact) mass is 310 g/mol. The van der Waals surface area contributed by atoms with Crippen molar-refractivity contribution in [3.8, 4) is 5.75 Å². The summed E-state index contributed by atoms with van der Waals surface area (Å²) in [6.07, 6.45) is 0.439. The van der Waals surface area contributed by atoms with Gasteiger partial charge in [0.1, 0.15) is 5.75 Å². The molecule has 0 saturated carbocycles. The molecule has 2 aromatic rings. The van der Waals surface area contributed by atoms with Crippen molar-refractivity contribution in [3.63, 3.8) is 0 Å². The molecule has 3 rings (SSSR count). The van der Waals surface area contributed by atoms with Crippen LogP contribution in [0, 0.1) is 0 Å². The number of aromatic hydroxyl groups is 1. The van der Waals surface area contributed by atoms with Crippen LogP contribution >= 0.6 is 0 Å². The van der Waals surface area contributed by atoms with Crippen molar-refractivity contribution in [2.45, 2.75) is 25.7 Å². The summed E-state index contributed by atoms with van der Waals surface area (Å²) in [6, 6.07) is 11.6. The van der Waals surface area contributed by atoms with Crippen LogP contribution in [0.15, 0.2) is 42.5 Å². The Morgan fingerprint density at radius 2 is 2.00 bits per heavy atom. The molecule has 0 radical (unpaired) electrons. The van der Waals surface area contributed by atoms with Crippen LogP contribution < -0.4 is 10.6 Å². The van der Waals surface area contributed by atoms with Crippen LogP contribution in [-0.2, 0) is 10.2 Å². The molecule has 0 spiro atoms. The van der Waals surface area contributed by atoms with Gasteiger partial charge in [0, 0.05) is 28.8 Å². The number of fused-ring (bicyclic) bond motifs is 1. The molecular formula is C18H18N2O3. The third-order valence-corrected chi connectivity index (χ3v) is 3.99. The van der Waals surface area contributed by atoms with Gasteiger partial charge in [0.25, 0.3) is 5.91 Å². The second-order valence-electron chi connectivity index (χ2n) is 6.37. The van der Waals surface area contributed by atoms with Crippen molar-refractivity contribution in [2.24, 2.45) is 0 Å². The van der Waals surface area contributed by atoms with Gasteiger partial charge < -0.3 is 15.7 Å². The molecule has 0 aliphatic carbocycles. The zero-order chi connectivity index (χ0) is 16.6. The van der Waals surface area contributed by atoms with E-state index in [1.807, 2.05) is 26.0 Å². The third-order valence-electron chi connectivity index (χ3n) is 3.99. The van der Waals surface area contributed by atoms with Crippen molar-refractivity contribution in [1.82, 2.24) is 0 Å². The van der Waals surface area contributed by atoms with E-state index in [2.05, 4.69) is 10.6 Å². The van der Waals surface area contributed by atoms with Crippen LogP contribution in [0.5, 0.6) is 5.75 Å². The second-order valence-corrected chi connectivity index (χ2v) is 6.37. The zero-order valence-corrected chi connectivity index (χ0v) is 13.0. The summed E-state index contributed by atoms with van der Waals surface area (Å²) >= 11 is 0. The maximum atomic E-state index is 12.2. The smallest absolute Gasteiger partial charge is 0.255 e. The van der Waals surface area contributed by atoms with Gasteiger partial charge in [-0.1, -0.05) is 26.0 Å². The van der Waals surface area contributed by atoms with Crippen LogP contribution in [0.4, 0.5) is 11.4 Å². The number of rotatable bonds is 2. The number of nitrogens with one attached hydrogen (secondary N) is 2. The first-order valence-corrected chi connectivity index (χ1v) is 7.40. The van der Waals surface area contributed by atoms with Crippen LogP contribution in [0.3, 0.4) is 0 Å². The van der Waals surface area contributed by atoms with Crippen LogP contribution in [0.25, 0.3) is 0 Å². The first-order chi connectivity index (χ1) is 10.8. The van der Waals surface area contributed by atoms with Gasteiger partial charge in [-0.05, 0) is 35.9 Å². The van der Waals surface area contributed by atoms with E-state index in [4.69, 9.17) is 0 Å². The summed E-state index contributed by atoms with van der Waals surface area (Å²) in [5.41, 5.74) is 2.50. The van der Waals surface area contributed by atoms with Gasteiger partial charge in [-0.3, -0.25) is 9.59 Å². The second kappa shape index (κ2) is 5.43. The molecule has 23 heavy (non-hydrogen) atoms. The van der Waals surface area contributed by atoms with Crippen LogP contribution in [0.2, 0.25) is 0 Å². The van der Waals surface area contributed by atoms with E-state index in [-0.39, 0.29) is 23.0 Å². The molecule has 0 atom stereocenters. The molecule has 0 saturated heterocycles. The first kappa shape index (κ1) is 15.1. The molecule has 1 aliphatic heterocycles. The van der Waals surface area contributed by atoms with Gasteiger partial charge in [0.05, 0.1) is 0 Å². The normalized spacial score (nSPS) is 15.5. The largest absolute Gasteiger partial charge is 0.508 e. The Morgan fingerprint density at radius 1 is 1.22 bits per heavy atom. The zero-order valence-electron chi connectivity index (χ0n) is 13.0. The molecule has 2 aromatic carbocycles. The van der Waals surface area contributed by atoms with Crippen LogP contribution in [0.1, 0.15) is 36.2 Å². The number of anilines is 2. The van der Waals surface area contributed by atoms with E-state index in [9.17, 15) is 14.7 Å². The maximum Gasteiger partial charge on any atom is 0.255 e. The Kier molecular flexibility index (Phi) is 3.56. The average molecular weight is 310 g/mol. The highest BCUT2D eigenvalue weighted by Crippen LogP contribution is 2.38. The molecule has 118 valence electrons. The Morgan fingerprint density at radius 3 is 2.74 bits per heavy atom. The molecule has 1 heterocycles. The lowest BCUT2D eigenvalue weighted by molar-refractivity contribution is -0.117. The fraction of sp³-hybridized carbons (Fsp3) is 0.222. The highest BCUT2D eigenvalue weighted by Gasteiger charge is 2.31. The predicted octanol–water partition coefficient (Wildman–Crippen LogP) is 3.26. The van der Waals surface area contributed by atoms with E-state index in [0.29, 0.717) is 17.7 Å². The molecule has 0 unspecified atom stereocenters. The number of benzene rings is 2. The Balaban J connectivity index is 1.87. The van der Waals surface area contributed by atoms with Crippen molar-refractivity contribution >= 4 is 23.2 Å². The Bertz CT molecular complexity index is 797. The summed E-state index contributed by atoms with van der Waals surface area (Å²) < 4.78 is 0. The van der Waals surface area contributed by atoms with Crippen LogP contribution in [-0.4, -0.2) is 16.9 Å². The minimum atomic E-state index is -0.317. The van der Waals surface area contributed by atoms with E-state index >= 15 is 0 Å². The SMILES string of the molecule is CC1(C)CC(=O)Nc2cc(NC(=O)c3cccc(O)c3)ccc21. The van der Waals surface area contributed by atoms with Crippen molar-refractivity contribution in [3.05, 3.63) is 53.6 Å². The third kappa shape index (κ3) is 3.04. The number of carbonyl (C=O) groups excluding carboxylic acids is 2. The van der Waals surface area contributed by atoms with E-state index in [0.717, 1.165) is 11.3 Å². The van der Waals surface area contributed by atoms with Crippen molar-refractivity contribution in [2.75, 3.05) is 10.6 Å². The van der Waals surface area contributed by atoms with Gasteiger partial charge in [0.15, 0.2) is 0 Å². The molecule has 5 heteroatoms. The van der Waals surface area contributed by atoms with Gasteiger partial charge in [0.2, 0.25) is 5.91 Å². The van der Waals surface area contributed by atoms with E-state index in [1.165, 1.54) is 12.1 Å². The molecule has 1 aliphatic rings. The van der Waals surface area contributed by atoms with Crippen molar-refractivity contribution < 1.29 is 14.7 Å². The summed E-state index contributed by atoms with van der Waals surface area (Å²) in [5.74, 6) is -0.307. The maximum absolute atomic E-state index is 12.2.